The van der Waals surface area contributed by atoms with Crippen molar-refractivity contribution in [2.45, 2.75) is 5.51 Å². The quantitative estimate of drug-likeness (QED) is 0.279. The molecule has 0 bridgehead atoms. The van der Waals surface area contributed by atoms with Crippen LogP contribution in [0.25, 0.3) is 0 Å². The van der Waals surface area contributed by atoms with Gasteiger partial charge in [0.05, 0.1) is 0 Å². The van der Waals surface area contributed by atoms with Crippen molar-refractivity contribution in [1.29, 1.82) is 0 Å². The first kappa shape index (κ1) is 19.9. The van der Waals surface area contributed by atoms with E-state index in [0.717, 1.165) is 0 Å². The van der Waals surface area contributed by atoms with Gasteiger partial charge in [0.25, 0.3) is 0 Å². The van der Waals surface area contributed by atoms with Crippen LogP contribution in [0.5, 0.6) is 0 Å². The number of rotatable bonds is 2. The second-order valence-electron chi connectivity index (χ2n) is 4.72. The second kappa shape index (κ2) is 7.63. The molecule has 0 saturated heterocycles. The minimum Gasteiger partial charge on any atom is -0.741 e. The van der Waals surface area contributed by atoms with E-state index in [1.54, 1.807) is 0 Å². The predicted molar refractivity (Wildman–Crippen MR) is 77.9 cm³/mol. The van der Waals surface area contributed by atoms with Crippen molar-refractivity contribution in [3.8, 4) is 0 Å². The molecule has 3 nitrogen and oxygen atoms in total. The normalized spacial score (nSPS) is 13.0. The molecule has 0 spiro atoms. The molecule has 23 heavy (non-hydrogen) atoms. The van der Waals surface area contributed by atoms with Gasteiger partial charge in [0.2, 0.25) is 0 Å². The third kappa shape index (κ3) is 5.78. The van der Waals surface area contributed by atoms with E-state index in [-0.39, 0.29) is 0 Å². The Bertz CT molecular complexity index is 673. The minimum atomic E-state index is -6.09. The van der Waals surface area contributed by atoms with Gasteiger partial charge in [-0.1, -0.05) is 0 Å². The van der Waals surface area contributed by atoms with Crippen molar-refractivity contribution in [2.24, 2.45) is 0 Å². The summed E-state index contributed by atoms with van der Waals surface area (Å²) in [5.41, 5.74) is -5.65. The standard InChI is InChI=1S/C14H16I.CHF3O3S/c1-15(2,13-9-5-3-6-10-13)14-11-7-4-8-12-14;2-1(3,4)8(5,6)7/h3-12H,1-2H3;(H,5,6,7)/q+1;/p-1. The maximum absolute atomic E-state index is 10.7. The van der Waals surface area contributed by atoms with Crippen LogP contribution < -0.4 is 18.4 Å². The Hall–Kier alpha value is -1.13. The van der Waals surface area contributed by atoms with Crippen LogP contribution in [-0.2, 0) is 10.1 Å². The van der Waals surface area contributed by atoms with Crippen LogP contribution in [0.3, 0.4) is 0 Å². The number of hydrogen-bond acceptors (Lipinski definition) is 3. The molecule has 2 rings (SSSR count). The first-order valence-corrected chi connectivity index (χ1v) is 14.1. The van der Waals surface area contributed by atoms with Gasteiger partial charge in [0.15, 0.2) is 10.1 Å². The maximum atomic E-state index is 10.7. The topological polar surface area (TPSA) is 57.2 Å². The van der Waals surface area contributed by atoms with Crippen molar-refractivity contribution in [2.75, 3.05) is 9.86 Å². The van der Waals surface area contributed by atoms with E-state index >= 15 is 0 Å². The Morgan fingerprint density at radius 3 is 1.30 bits per heavy atom. The third-order valence-electron chi connectivity index (χ3n) is 2.84. The van der Waals surface area contributed by atoms with Crippen LogP contribution in [0.1, 0.15) is 0 Å². The van der Waals surface area contributed by atoms with E-state index in [4.69, 9.17) is 13.0 Å². The first-order valence-electron chi connectivity index (χ1n) is 6.23. The van der Waals surface area contributed by atoms with Crippen molar-refractivity contribution in [3.05, 3.63) is 67.8 Å². The predicted octanol–water partition coefficient (Wildman–Crippen LogP) is 0.197. The van der Waals surface area contributed by atoms with Crippen LogP contribution in [0, 0.1) is 7.14 Å². The monoisotopic (exact) mass is 460 g/mol. The summed E-state index contributed by atoms with van der Waals surface area (Å²) in [6.07, 6.45) is 0. The molecule has 0 N–H and O–H groups in total. The fourth-order valence-electron chi connectivity index (χ4n) is 1.59. The molecule has 2 aromatic rings. The van der Waals surface area contributed by atoms with Gasteiger partial charge in [0, 0.05) is 0 Å². The van der Waals surface area contributed by atoms with Crippen LogP contribution in [-0.4, -0.2) is 28.3 Å². The molecule has 0 fully saturated rings. The van der Waals surface area contributed by atoms with Gasteiger partial charge in [-0.05, 0) is 0 Å². The van der Waals surface area contributed by atoms with Crippen molar-refractivity contribution in [3.63, 3.8) is 0 Å². The zero-order chi connectivity index (χ0) is 17.7. The molecule has 8 heteroatoms. The fraction of sp³-hybridized carbons (Fsp3) is 0.200. The Kier molecular flexibility index (Phi) is 6.60. The molecule has 128 valence electrons. The minimum absolute atomic E-state index is 1.54. The van der Waals surface area contributed by atoms with Gasteiger partial charge in [-0.3, -0.25) is 0 Å². The summed E-state index contributed by atoms with van der Waals surface area (Å²) in [4.78, 5) is 4.88. The summed E-state index contributed by atoms with van der Waals surface area (Å²) >= 11 is -1.91. The van der Waals surface area contributed by atoms with Crippen LogP contribution in [0.15, 0.2) is 60.7 Å². The first-order chi connectivity index (χ1) is 10.5. The van der Waals surface area contributed by atoms with E-state index in [9.17, 15) is 13.2 Å². The summed E-state index contributed by atoms with van der Waals surface area (Å²) in [7, 11) is -6.09. The number of alkyl halides is 5. The summed E-state index contributed by atoms with van der Waals surface area (Å²) in [6.45, 7) is 0. The van der Waals surface area contributed by atoms with E-state index in [0.29, 0.717) is 0 Å². The third-order valence-corrected chi connectivity index (χ3v) is 11.1. The average molecular weight is 460 g/mol. The molecule has 0 radical (unpaired) electrons. The zero-order valence-corrected chi connectivity index (χ0v) is 15.4. The average Bonchev–Trinajstić information content (AvgIpc) is 2.48. The molecular weight excluding hydrogens is 444 g/mol. The fourth-order valence-corrected chi connectivity index (χ4v) is 6.73. The number of benzene rings is 2. The molecule has 0 amide bonds. The summed E-state index contributed by atoms with van der Waals surface area (Å²) in [5.74, 6) is 0. The Balaban J connectivity index is 0.000000284. The van der Waals surface area contributed by atoms with Crippen LogP contribution >= 0.6 is 0 Å². The van der Waals surface area contributed by atoms with Gasteiger partial charge in [0.1, 0.15) is 0 Å². The molecule has 0 aliphatic carbocycles. The molecule has 0 atom stereocenters. The molecule has 0 saturated carbocycles. The molecule has 2 aromatic carbocycles. The maximum Gasteiger partial charge on any atom is 0.485 e. The van der Waals surface area contributed by atoms with Gasteiger partial charge in [-0.25, -0.2) is 8.42 Å². The Labute approximate surface area is 137 Å². The van der Waals surface area contributed by atoms with Crippen molar-refractivity contribution < 1.29 is 44.6 Å². The molecule has 0 aliphatic rings. The van der Waals surface area contributed by atoms with Gasteiger partial charge < -0.3 is 4.55 Å². The van der Waals surface area contributed by atoms with Gasteiger partial charge in [-0.2, -0.15) is 13.2 Å². The number of halogens is 4. The summed E-state index contributed by atoms with van der Waals surface area (Å²) in [5, 5.41) is 0. The molecule has 0 unspecified atom stereocenters. The Morgan fingerprint density at radius 1 is 0.826 bits per heavy atom. The second-order valence-corrected chi connectivity index (χ2v) is 15.6. The number of hydrogen-bond donors (Lipinski definition) is 0. The van der Waals surface area contributed by atoms with E-state index in [1.165, 1.54) is 7.14 Å². The van der Waals surface area contributed by atoms with Gasteiger partial charge in [-0.15, -0.1) is 0 Å². The Morgan fingerprint density at radius 2 is 1.09 bits per heavy atom. The van der Waals surface area contributed by atoms with Gasteiger partial charge >= 0.3 is 102 Å². The van der Waals surface area contributed by atoms with Crippen LogP contribution in [0.2, 0.25) is 0 Å². The zero-order valence-electron chi connectivity index (χ0n) is 12.4. The largest absolute Gasteiger partial charge is 0.741 e. The van der Waals surface area contributed by atoms with Crippen molar-refractivity contribution in [1.82, 2.24) is 0 Å². The summed E-state index contributed by atoms with van der Waals surface area (Å²) in [6, 6.07) is 21.8. The molecule has 0 heterocycles. The van der Waals surface area contributed by atoms with Crippen LogP contribution in [0.4, 0.5) is 13.2 Å². The molecule has 0 aromatic heterocycles. The SMILES string of the molecule is C[I+](C)(c1ccccc1)c1ccccc1.O=S(=O)([O-])C(F)(F)F. The molecule has 0 aliphatic heterocycles. The van der Waals surface area contributed by atoms with Crippen molar-refractivity contribution >= 4 is 10.1 Å². The van der Waals surface area contributed by atoms with E-state index in [1.807, 2.05) is 0 Å². The summed E-state index contributed by atoms with van der Waals surface area (Å²) < 4.78 is 62.0. The van der Waals surface area contributed by atoms with E-state index in [2.05, 4.69) is 70.5 Å². The van der Waals surface area contributed by atoms with E-state index < -0.39 is 34.1 Å². The smallest absolute Gasteiger partial charge is 0.485 e. The molecular formula is C15H16F3IO3S.